The van der Waals surface area contributed by atoms with E-state index in [9.17, 15) is 9.59 Å². The SMILES string of the molecule is CCOc1ccc(C(=O)NNC(=O)c2cccc(OCc3csc(C)n3)c2)cc1. The van der Waals surface area contributed by atoms with Crippen LogP contribution < -0.4 is 20.3 Å². The van der Waals surface area contributed by atoms with Crippen molar-refractivity contribution in [1.29, 1.82) is 0 Å². The standard InChI is InChI=1S/C21H21N3O4S/c1-3-27-18-9-7-15(8-10-18)20(25)23-24-21(26)16-5-4-6-19(11-16)28-12-17-13-29-14(2)22-17/h4-11,13H,3,12H2,1-2H3,(H,23,25)(H,24,26). The van der Waals surface area contributed by atoms with Gasteiger partial charge in [-0.3, -0.25) is 20.4 Å². The summed E-state index contributed by atoms with van der Waals surface area (Å²) in [6, 6.07) is 13.4. The molecule has 0 radical (unpaired) electrons. The first-order valence-electron chi connectivity index (χ1n) is 9.02. The number of ether oxygens (including phenoxy) is 2. The summed E-state index contributed by atoms with van der Waals surface area (Å²) < 4.78 is 11.0. The fourth-order valence-electron chi connectivity index (χ4n) is 2.49. The van der Waals surface area contributed by atoms with Crippen molar-refractivity contribution in [3.63, 3.8) is 0 Å². The smallest absolute Gasteiger partial charge is 0.269 e. The first kappa shape index (κ1) is 20.3. The zero-order chi connectivity index (χ0) is 20.6. The topological polar surface area (TPSA) is 89.6 Å². The Balaban J connectivity index is 1.54. The van der Waals surface area contributed by atoms with Gasteiger partial charge in [-0.25, -0.2) is 4.98 Å². The summed E-state index contributed by atoms with van der Waals surface area (Å²) in [6.45, 7) is 4.69. The van der Waals surface area contributed by atoms with Crippen LogP contribution in [0.3, 0.4) is 0 Å². The summed E-state index contributed by atoms with van der Waals surface area (Å²) in [5.41, 5.74) is 6.41. The molecular weight excluding hydrogens is 390 g/mol. The summed E-state index contributed by atoms with van der Waals surface area (Å²) in [6.07, 6.45) is 0. The highest BCUT2D eigenvalue weighted by atomic mass is 32.1. The van der Waals surface area contributed by atoms with Crippen LogP contribution in [-0.2, 0) is 6.61 Å². The third kappa shape index (κ3) is 5.79. The van der Waals surface area contributed by atoms with E-state index in [2.05, 4.69) is 15.8 Å². The number of aryl methyl sites for hydroxylation is 1. The van der Waals surface area contributed by atoms with E-state index in [-0.39, 0.29) is 0 Å². The van der Waals surface area contributed by atoms with Crippen molar-refractivity contribution in [3.8, 4) is 11.5 Å². The molecule has 0 aliphatic heterocycles. The monoisotopic (exact) mass is 411 g/mol. The van der Waals surface area contributed by atoms with Gasteiger partial charge in [-0.15, -0.1) is 11.3 Å². The summed E-state index contributed by atoms with van der Waals surface area (Å²) in [5.74, 6) is 0.353. The van der Waals surface area contributed by atoms with Crippen LogP contribution in [0.15, 0.2) is 53.9 Å². The predicted octanol–water partition coefficient (Wildman–Crippen LogP) is 3.50. The number of carbonyl (C=O) groups excluding carboxylic acids is 2. The molecule has 29 heavy (non-hydrogen) atoms. The molecule has 0 fully saturated rings. The van der Waals surface area contributed by atoms with Crippen LogP contribution in [-0.4, -0.2) is 23.4 Å². The quantitative estimate of drug-likeness (QED) is 0.581. The van der Waals surface area contributed by atoms with Gasteiger partial charge < -0.3 is 9.47 Å². The van der Waals surface area contributed by atoms with Gasteiger partial charge in [0.2, 0.25) is 0 Å². The second-order valence-corrected chi connectivity index (χ2v) is 7.10. The number of carbonyl (C=O) groups is 2. The average molecular weight is 411 g/mol. The number of hydrazine groups is 1. The summed E-state index contributed by atoms with van der Waals surface area (Å²) in [4.78, 5) is 28.9. The molecule has 3 aromatic rings. The second kappa shape index (κ2) is 9.70. The summed E-state index contributed by atoms with van der Waals surface area (Å²) >= 11 is 1.56. The Labute approximate surface area is 172 Å². The molecule has 0 spiro atoms. The van der Waals surface area contributed by atoms with E-state index >= 15 is 0 Å². The van der Waals surface area contributed by atoms with Crippen molar-refractivity contribution in [1.82, 2.24) is 15.8 Å². The number of benzene rings is 2. The van der Waals surface area contributed by atoms with Gasteiger partial charge in [-0.1, -0.05) is 6.07 Å². The lowest BCUT2D eigenvalue weighted by Gasteiger charge is -2.10. The molecule has 3 rings (SSSR count). The molecule has 150 valence electrons. The number of hydrogen-bond acceptors (Lipinski definition) is 6. The highest BCUT2D eigenvalue weighted by Crippen LogP contribution is 2.16. The maximum Gasteiger partial charge on any atom is 0.269 e. The number of nitrogens with one attached hydrogen (secondary N) is 2. The molecule has 0 saturated carbocycles. The van der Waals surface area contributed by atoms with Gasteiger partial charge in [-0.2, -0.15) is 0 Å². The number of thiazole rings is 1. The summed E-state index contributed by atoms with van der Waals surface area (Å²) in [5, 5.41) is 2.91. The maximum atomic E-state index is 12.3. The van der Waals surface area contributed by atoms with Gasteiger partial charge in [0.15, 0.2) is 0 Å². The number of hydrogen-bond donors (Lipinski definition) is 2. The van der Waals surface area contributed by atoms with Crippen LogP contribution in [0.25, 0.3) is 0 Å². The van der Waals surface area contributed by atoms with Crippen molar-refractivity contribution >= 4 is 23.2 Å². The largest absolute Gasteiger partial charge is 0.494 e. The van der Waals surface area contributed by atoms with E-state index in [0.717, 1.165) is 10.7 Å². The minimum atomic E-state index is -0.445. The predicted molar refractivity (Wildman–Crippen MR) is 110 cm³/mol. The lowest BCUT2D eigenvalue weighted by atomic mass is 10.2. The van der Waals surface area contributed by atoms with Crippen LogP contribution >= 0.6 is 11.3 Å². The molecule has 2 amide bonds. The molecular formula is C21H21N3O4S. The Morgan fingerprint density at radius 1 is 0.966 bits per heavy atom. The van der Waals surface area contributed by atoms with Crippen LogP contribution in [0.4, 0.5) is 0 Å². The molecule has 0 saturated heterocycles. The normalized spacial score (nSPS) is 10.3. The molecule has 8 heteroatoms. The number of rotatable bonds is 7. The van der Waals surface area contributed by atoms with Crippen LogP contribution in [0.1, 0.15) is 38.3 Å². The van der Waals surface area contributed by atoms with E-state index < -0.39 is 11.8 Å². The number of aromatic nitrogens is 1. The molecule has 2 aromatic carbocycles. The summed E-state index contributed by atoms with van der Waals surface area (Å²) in [7, 11) is 0. The van der Waals surface area contributed by atoms with Crippen LogP contribution in [0.5, 0.6) is 11.5 Å². The second-order valence-electron chi connectivity index (χ2n) is 6.04. The van der Waals surface area contributed by atoms with Crippen molar-refractivity contribution in [2.45, 2.75) is 20.5 Å². The molecule has 0 unspecified atom stereocenters. The van der Waals surface area contributed by atoms with E-state index in [1.165, 1.54) is 0 Å². The van der Waals surface area contributed by atoms with E-state index in [0.29, 0.717) is 35.8 Å². The van der Waals surface area contributed by atoms with Crippen molar-refractivity contribution in [2.75, 3.05) is 6.61 Å². The van der Waals surface area contributed by atoms with E-state index in [4.69, 9.17) is 9.47 Å². The Morgan fingerprint density at radius 3 is 2.34 bits per heavy atom. The minimum Gasteiger partial charge on any atom is -0.494 e. The van der Waals surface area contributed by atoms with Crippen LogP contribution in [0.2, 0.25) is 0 Å². The van der Waals surface area contributed by atoms with Crippen molar-refractivity contribution in [3.05, 3.63) is 75.7 Å². The van der Waals surface area contributed by atoms with Gasteiger partial charge in [0.05, 0.1) is 17.3 Å². The molecule has 0 bridgehead atoms. The third-order valence-corrected chi connectivity index (χ3v) is 4.69. The fourth-order valence-corrected chi connectivity index (χ4v) is 3.08. The third-order valence-electron chi connectivity index (χ3n) is 3.87. The Kier molecular flexibility index (Phi) is 6.80. The Morgan fingerprint density at radius 2 is 1.69 bits per heavy atom. The zero-order valence-corrected chi connectivity index (χ0v) is 16.9. The lowest BCUT2D eigenvalue weighted by Crippen LogP contribution is -2.41. The zero-order valence-electron chi connectivity index (χ0n) is 16.1. The average Bonchev–Trinajstić information content (AvgIpc) is 3.16. The first-order chi connectivity index (χ1) is 14.0. The number of amides is 2. The molecule has 1 aromatic heterocycles. The van der Waals surface area contributed by atoms with Crippen molar-refractivity contribution in [2.24, 2.45) is 0 Å². The van der Waals surface area contributed by atoms with Gasteiger partial charge in [0.25, 0.3) is 11.8 Å². The Hall–Kier alpha value is -3.39. The maximum absolute atomic E-state index is 12.3. The molecule has 1 heterocycles. The highest BCUT2D eigenvalue weighted by molar-refractivity contribution is 7.09. The van der Waals surface area contributed by atoms with Gasteiger partial charge in [0, 0.05) is 16.5 Å². The van der Waals surface area contributed by atoms with Crippen molar-refractivity contribution < 1.29 is 19.1 Å². The van der Waals surface area contributed by atoms with Gasteiger partial charge >= 0.3 is 0 Å². The minimum absolute atomic E-state index is 0.323. The number of nitrogens with zero attached hydrogens (tertiary/aromatic N) is 1. The Bertz CT molecular complexity index is 986. The van der Waals surface area contributed by atoms with Gasteiger partial charge in [-0.05, 0) is 56.3 Å². The molecule has 0 aliphatic carbocycles. The lowest BCUT2D eigenvalue weighted by molar-refractivity contribution is 0.0846. The molecule has 0 atom stereocenters. The molecule has 2 N–H and O–H groups in total. The fraction of sp³-hybridized carbons (Fsp3) is 0.190. The van der Waals surface area contributed by atoms with E-state index in [1.54, 1.807) is 59.9 Å². The molecule has 7 nitrogen and oxygen atoms in total. The van der Waals surface area contributed by atoms with Crippen LogP contribution in [0, 0.1) is 6.92 Å². The van der Waals surface area contributed by atoms with E-state index in [1.807, 2.05) is 19.2 Å². The van der Waals surface area contributed by atoms with Gasteiger partial charge in [0.1, 0.15) is 18.1 Å². The molecule has 0 aliphatic rings. The highest BCUT2D eigenvalue weighted by Gasteiger charge is 2.10. The first-order valence-corrected chi connectivity index (χ1v) is 9.90.